The predicted octanol–water partition coefficient (Wildman–Crippen LogP) is 6.28. The molecule has 0 aromatic heterocycles. The molecule has 0 bridgehead atoms. The van der Waals surface area contributed by atoms with Gasteiger partial charge in [0.2, 0.25) is 0 Å². The SMILES string of the molecule is CCOC(=O)/C=C/C[C@H](CCCCOCc1ccc(OC)cc1)O[Si](C)(C)C(C)(C)C. The number of esters is 1. The molecule has 1 atom stereocenters. The van der Waals surface area contributed by atoms with Crippen LogP contribution in [0.1, 0.15) is 58.9 Å². The summed E-state index contributed by atoms with van der Waals surface area (Å²) in [5, 5.41) is 0.150. The molecule has 1 rings (SSSR count). The van der Waals surface area contributed by atoms with E-state index in [4.69, 9.17) is 18.6 Å². The lowest BCUT2D eigenvalue weighted by Crippen LogP contribution is -2.43. The zero-order valence-corrected chi connectivity index (χ0v) is 21.5. The molecule has 0 aliphatic rings. The number of methoxy groups -OCH3 is 1. The fourth-order valence-corrected chi connectivity index (χ4v) is 4.21. The normalized spacial score (nSPS) is 13.4. The number of rotatable bonds is 14. The van der Waals surface area contributed by atoms with Crippen molar-refractivity contribution >= 4 is 14.3 Å². The molecule has 0 aliphatic heterocycles. The first-order valence-corrected chi connectivity index (χ1v) is 14.2. The third-order valence-electron chi connectivity index (χ3n) is 5.70. The zero-order valence-electron chi connectivity index (χ0n) is 20.5. The van der Waals surface area contributed by atoms with Crippen LogP contribution in [-0.4, -0.2) is 40.7 Å². The maximum Gasteiger partial charge on any atom is 0.330 e. The van der Waals surface area contributed by atoms with Crippen molar-refractivity contribution in [3.8, 4) is 5.75 Å². The summed E-state index contributed by atoms with van der Waals surface area (Å²) in [6.07, 6.45) is 7.18. The van der Waals surface area contributed by atoms with E-state index in [1.165, 1.54) is 6.08 Å². The molecule has 0 saturated carbocycles. The second-order valence-corrected chi connectivity index (χ2v) is 14.0. The van der Waals surface area contributed by atoms with E-state index in [0.717, 1.165) is 43.6 Å². The number of carbonyl (C=O) groups is 1. The summed E-state index contributed by atoms with van der Waals surface area (Å²) in [6.45, 7) is 14.8. The van der Waals surface area contributed by atoms with Crippen LogP contribution in [0.15, 0.2) is 36.4 Å². The Hall–Kier alpha value is -1.63. The van der Waals surface area contributed by atoms with Gasteiger partial charge in [-0.1, -0.05) is 39.0 Å². The van der Waals surface area contributed by atoms with Crippen molar-refractivity contribution in [2.24, 2.45) is 0 Å². The van der Waals surface area contributed by atoms with Gasteiger partial charge in [0.15, 0.2) is 8.32 Å². The molecule has 6 heteroatoms. The Morgan fingerprint density at radius 3 is 2.39 bits per heavy atom. The van der Waals surface area contributed by atoms with Crippen LogP contribution in [0, 0.1) is 0 Å². The van der Waals surface area contributed by atoms with Crippen molar-refractivity contribution in [2.45, 2.75) is 84.2 Å². The van der Waals surface area contributed by atoms with E-state index in [1.807, 2.05) is 37.3 Å². The van der Waals surface area contributed by atoms with Gasteiger partial charge in [0, 0.05) is 18.8 Å². The van der Waals surface area contributed by atoms with Crippen molar-refractivity contribution in [2.75, 3.05) is 20.3 Å². The first kappa shape index (κ1) is 27.4. The maximum atomic E-state index is 11.6. The van der Waals surface area contributed by atoms with E-state index < -0.39 is 8.32 Å². The second kappa shape index (κ2) is 13.7. The van der Waals surface area contributed by atoms with E-state index >= 15 is 0 Å². The van der Waals surface area contributed by atoms with Gasteiger partial charge in [0.1, 0.15) is 5.75 Å². The summed E-state index contributed by atoms with van der Waals surface area (Å²) >= 11 is 0. The van der Waals surface area contributed by atoms with Crippen LogP contribution in [0.3, 0.4) is 0 Å². The highest BCUT2D eigenvalue weighted by molar-refractivity contribution is 6.74. The Kier molecular flexibility index (Phi) is 12.1. The average molecular weight is 451 g/mol. The minimum absolute atomic E-state index is 0.105. The molecule has 1 aromatic carbocycles. The summed E-state index contributed by atoms with van der Waals surface area (Å²) in [5.74, 6) is 0.564. The van der Waals surface area contributed by atoms with Gasteiger partial charge in [0.25, 0.3) is 0 Å². The first-order valence-electron chi connectivity index (χ1n) is 11.3. The Labute approximate surface area is 190 Å². The number of benzene rings is 1. The van der Waals surface area contributed by atoms with Crippen molar-refractivity contribution in [1.82, 2.24) is 0 Å². The molecular weight excluding hydrogens is 408 g/mol. The summed E-state index contributed by atoms with van der Waals surface area (Å²) in [5.41, 5.74) is 1.14. The lowest BCUT2D eigenvalue weighted by atomic mass is 10.1. The maximum absolute atomic E-state index is 11.6. The van der Waals surface area contributed by atoms with Gasteiger partial charge in [-0.15, -0.1) is 0 Å². The molecular formula is C25H42O5Si. The van der Waals surface area contributed by atoms with Gasteiger partial charge in [-0.25, -0.2) is 4.79 Å². The van der Waals surface area contributed by atoms with Gasteiger partial charge >= 0.3 is 5.97 Å². The fraction of sp³-hybridized carbons (Fsp3) is 0.640. The topological polar surface area (TPSA) is 54.0 Å². The number of carbonyl (C=O) groups excluding carboxylic acids is 1. The Morgan fingerprint density at radius 2 is 1.81 bits per heavy atom. The lowest BCUT2D eigenvalue weighted by molar-refractivity contribution is -0.137. The summed E-state index contributed by atoms with van der Waals surface area (Å²) in [6, 6.07) is 7.95. The minimum atomic E-state index is -1.88. The van der Waals surface area contributed by atoms with Gasteiger partial charge < -0.3 is 18.6 Å². The largest absolute Gasteiger partial charge is 0.497 e. The average Bonchev–Trinajstić information content (AvgIpc) is 2.70. The quantitative estimate of drug-likeness (QED) is 0.144. The molecule has 5 nitrogen and oxygen atoms in total. The molecule has 0 amide bonds. The van der Waals surface area contributed by atoms with Crippen LogP contribution in [-0.2, 0) is 25.3 Å². The lowest BCUT2D eigenvalue weighted by Gasteiger charge is -2.39. The van der Waals surface area contributed by atoms with E-state index in [-0.39, 0.29) is 17.1 Å². The summed E-state index contributed by atoms with van der Waals surface area (Å²) in [7, 11) is -0.212. The molecule has 0 spiro atoms. The smallest absolute Gasteiger partial charge is 0.330 e. The van der Waals surface area contributed by atoms with Gasteiger partial charge in [-0.05, 0) is 68.4 Å². The van der Waals surface area contributed by atoms with Crippen LogP contribution in [0.4, 0.5) is 0 Å². The van der Waals surface area contributed by atoms with Gasteiger partial charge in [-0.3, -0.25) is 0 Å². The first-order chi connectivity index (χ1) is 14.6. The molecule has 0 radical (unpaired) electrons. The molecule has 0 fully saturated rings. The number of ether oxygens (including phenoxy) is 3. The third-order valence-corrected chi connectivity index (χ3v) is 10.2. The molecule has 0 unspecified atom stereocenters. The van der Waals surface area contributed by atoms with Crippen LogP contribution >= 0.6 is 0 Å². The Bertz CT molecular complexity index is 661. The molecule has 0 heterocycles. The fourth-order valence-electron chi connectivity index (χ4n) is 2.81. The Balaban J connectivity index is 2.47. The summed E-state index contributed by atoms with van der Waals surface area (Å²) in [4.78, 5) is 11.6. The van der Waals surface area contributed by atoms with Crippen LogP contribution in [0.25, 0.3) is 0 Å². The Morgan fingerprint density at radius 1 is 1.13 bits per heavy atom. The minimum Gasteiger partial charge on any atom is -0.497 e. The van der Waals surface area contributed by atoms with E-state index in [9.17, 15) is 4.79 Å². The standard InChI is InChI=1S/C25H42O5Si/c1-8-29-24(26)14-11-13-23(30-31(6,7)25(2,3)4)12-9-10-19-28-20-21-15-17-22(27-5)18-16-21/h11,14-18,23H,8-10,12-13,19-20H2,1-7H3/b14-11+/t23-/m0/s1. The molecule has 0 N–H and O–H groups in total. The second-order valence-electron chi connectivity index (χ2n) is 9.29. The monoisotopic (exact) mass is 450 g/mol. The highest BCUT2D eigenvalue weighted by atomic mass is 28.4. The molecule has 31 heavy (non-hydrogen) atoms. The summed E-state index contributed by atoms with van der Waals surface area (Å²) < 4.78 is 22.6. The van der Waals surface area contributed by atoms with Crippen molar-refractivity contribution in [3.05, 3.63) is 42.0 Å². The van der Waals surface area contributed by atoms with E-state index in [1.54, 1.807) is 7.11 Å². The van der Waals surface area contributed by atoms with Crippen LogP contribution < -0.4 is 4.74 Å². The van der Waals surface area contributed by atoms with Crippen molar-refractivity contribution in [3.63, 3.8) is 0 Å². The van der Waals surface area contributed by atoms with E-state index in [2.05, 4.69) is 33.9 Å². The molecule has 0 saturated heterocycles. The number of unbranched alkanes of at least 4 members (excludes halogenated alkanes) is 1. The molecule has 0 aliphatic carbocycles. The van der Waals surface area contributed by atoms with Crippen molar-refractivity contribution in [1.29, 1.82) is 0 Å². The van der Waals surface area contributed by atoms with E-state index in [0.29, 0.717) is 13.2 Å². The number of hydrogen-bond donors (Lipinski definition) is 0. The van der Waals surface area contributed by atoms with Crippen LogP contribution in [0.5, 0.6) is 5.75 Å². The van der Waals surface area contributed by atoms with Crippen molar-refractivity contribution < 1.29 is 23.4 Å². The highest BCUT2D eigenvalue weighted by Crippen LogP contribution is 2.38. The molecule has 176 valence electrons. The highest BCUT2D eigenvalue weighted by Gasteiger charge is 2.38. The van der Waals surface area contributed by atoms with Crippen LogP contribution in [0.2, 0.25) is 18.1 Å². The van der Waals surface area contributed by atoms with Gasteiger partial charge in [0.05, 0.1) is 20.3 Å². The van der Waals surface area contributed by atoms with Gasteiger partial charge in [-0.2, -0.15) is 0 Å². The molecule has 1 aromatic rings. The zero-order chi connectivity index (χ0) is 23.3. The predicted molar refractivity (Wildman–Crippen MR) is 129 cm³/mol. The number of hydrogen-bond acceptors (Lipinski definition) is 5. The third kappa shape index (κ3) is 11.0.